The summed E-state index contributed by atoms with van der Waals surface area (Å²) in [6.45, 7) is 0.662. The summed E-state index contributed by atoms with van der Waals surface area (Å²) < 4.78 is 7.39. The Bertz CT molecular complexity index is 520. The minimum atomic E-state index is -0.322. The second-order valence-corrected chi connectivity index (χ2v) is 4.31. The Morgan fingerprint density at radius 1 is 1.35 bits per heavy atom. The number of ether oxygens (including phenoxy) is 1. The van der Waals surface area contributed by atoms with Crippen LogP contribution in [0.2, 0.25) is 0 Å². The van der Waals surface area contributed by atoms with Crippen LogP contribution in [-0.2, 0) is 11.3 Å². The van der Waals surface area contributed by atoms with Gasteiger partial charge in [-0.05, 0) is 39.7 Å². The van der Waals surface area contributed by atoms with Crippen molar-refractivity contribution in [3.63, 3.8) is 0 Å². The van der Waals surface area contributed by atoms with Crippen molar-refractivity contribution in [2.75, 3.05) is 7.11 Å². The first-order chi connectivity index (χ1) is 8.20. The maximum absolute atomic E-state index is 11.2. The lowest BCUT2D eigenvalue weighted by atomic mass is 10.1. The largest absolute Gasteiger partial charge is 0.465 e. The van der Waals surface area contributed by atoms with Gasteiger partial charge in [-0.25, -0.2) is 4.79 Å². The van der Waals surface area contributed by atoms with Crippen LogP contribution in [0.15, 0.2) is 41.1 Å². The highest BCUT2D eigenvalue weighted by Gasteiger charge is 2.05. The van der Waals surface area contributed by atoms with Gasteiger partial charge in [0.05, 0.1) is 25.4 Å². The Morgan fingerprint density at radius 3 is 2.59 bits per heavy atom. The first-order valence-corrected chi connectivity index (χ1v) is 5.84. The topological polar surface area (TPSA) is 44.1 Å². The van der Waals surface area contributed by atoms with Crippen LogP contribution < -0.4 is 0 Å². The molecule has 0 aliphatic carbocycles. The fourth-order valence-corrected chi connectivity index (χ4v) is 1.81. The highest BCUT2D eigenvalue weighted by atomic mass is 79.9. The van der Waals surface area contributed by atoms with Crippen LogP contribution in [0.1, 0.15) is 15.9 Å². The third kappa shape index (κ3) is 2.74. The minimum absolute atomic E-state index is 0.322. The lowest BCUT2D eigenvalue weighted by Gasteiger charge is -2.04. The second kappa shape index (κ2) is 5.14. The van der Waals surface area contributed by atoms with Crippen LogP contribution in [-0.4, -0.2) is 22.9 Å². The quantitative estimate of drug-likeness (QED) is 0.817. The van der Waals surface area contributed by atoms with Crippen LogP contribution in [0.3, 0.4) is 0 Å². The Morgan fingerprint density at radius 2 is 2.06 bits per heavy atom. The van der Waals surface area contributed by atoms with Gasteiger partial charge in [-0.15, -0.1) is 0 Å². The number of nitrogens with zero attached hydrogens (tertiary/aromatic N) is 2. The van der Waals surface area contributed by atoms with Gasteiger partial charge < -0.3 is 4.74 Å². The first-order valence-electron chi connectivity index (χ1n) is 5.05. The summed E-state index contributed by atoms with van der Waals surface area (Å²) in [4.78, 5) is 11.2. The molecule has 0 aliphatic rings. The Hall–Kier alpha value is -1.62. The van der Waals surface area contributed by atoms with Gasteiger partial charge in [-0.2, -0.15) is 5.10 Å². The van der Waals surface area contributed by atoms with Crippen LogP contribution >= 0.6 is 15.9 Å². The zero-order valence-corrected chi connectivity index (χ0v) is 10.8. The molecule has 0 saturated heterocycles. The molecule has 0 unspecified atom stereocenters. The maximum atomic E-state index is 11.2. The van der Waals surface area contributed by atoms with E-state index in [1.54, 1.807) is 18.3 Å². The molecule has 88 valence electrons. The number of rotatable bonds is 3. The van der Waals surface area contributed by atoms with E-state index in [1.807, 2.05) is 22.9 Å². The maximum Gasteiger partial charge on any atom is 0.337 e. The second-order valence-electron chi connectivity index (χ2n) is 3.50. The smallest absolute Gasteiger partial charge is 0.337 e. The van der Waals surface area contributed by atoms with Gasteiger partial charge in [0.25, 0.3) is 0 Å². The van der Waals surface area contributed by atoms with E-state index < -0.39 is 0 Å². The van der Waals surface area contributed by atoms with E-state index in [0.29, 0.717) is 12.1 Å². The van der Waals surface area contributed by atoms with Crippen molar-refractivity contribution in [3.05, 3.63) is 52.3 Å². The average Bonchev–Trinajstić information content (AvgIpc) is 2.75. The third-order valence-corrected chi connectivity index (χ3v) is 3.05. The van der Waals surface area contributed by atoms with Gasteiger partial charge in [-0.1, -0.05) is 12.1 Å². The first kappa shape index (κ1) is 11.9. The molecule has 1 aromatic carbocycles. The molecular weight excluding hydrogens is 284 g/mol. The van der Waals surface area contributed by atoms with E-state index in [1.165, 1.54) is 7.11 Å². The standard InChI is InChI=1S/C12H11BrN2O2/c1-17-12(16)10-4-2-9(3-5-10)8-15-11(13)6-7-14-15/h2-7H,8H2,1H3. The molecular formula is C12H11BrN2O2. The fraction of sp³-hybridized carbons (Fsp3) is 0.167. The predicted molar refractivity (Wildman–Crippen MR) is 66.8 cm³/mol. The molecule has 0 spiro atoms. The SMILES string of the molecule is COC(=O)c1ccc(Cn2nccc2Br)cc1. The molecule has 17 heavy (non-hydrogen) atoms. The van der Waals surface area contributed by atoms with Crippen LogP contribution in [0.25, 0.3) is 0 Å². The minimum Gasteiger partial charge on any atom is -0.465 e. The van der Waals surface area contributed by atoms with E-state index in [-0.39, 0.29) is 5.97 Å². The molecule has 0 N–H and O–H groups in total. The highest BCUT2D eigenvalue weighted by molar-refractivity contribution is 9.10. The summed E-state index contributed by atoms with van der Waals surface area (Å²) in [5.74, 6) is -0.322. The van der Waals surface area contributed by atoms with Crippen LogP contribution in [0, 0.1) is 0 Å². The van der Waals surface area contributed by atoms with Crippen molar-refractivity contribution in [1.29, 1.82) is 0 Å². The highest BCUT2D eigenvalue weighted by Crippen LogP contribution is 2.12. The Balaban J connectivity index is 2.14. The summed E-state index contributed by atoms with van der Waals surface area (Å²) in [7, 11) is 1.37. The molecule has 0 bridgehead atoms. The lowest BCUT2D eigenvalue weighted by molar-refractivity contribution is 0.0600. The number of aromatic nitrogens is 2. The molecule has 0 amide bonds. The molecule has 0 atom stereocenters. The van der Waals surface area contributed by atoms with E-state index in [9.17, 15) is 4.79 Å². The van der Waals surface area contributed by atoms with Gasteiger partial charge in [0.15, 0.2) is 0 Å². The number of esters is 1. The number of carbonyl (C=O) groups is 1. The van der Waals surface area contributed by atoms with E-state index >= 15 is 0 Å². The van der Waals surface area contributed by atoms with Crippen molar-refractivity contribution >= 4 is 21.9 Å². The number of carbonyl (C=O) groups excluding carboxylic acids is 1. The lowest BCUT2D eigenvalue weighted by Crippen LogP contribution is -2.04. The van der Waals surface area contributed by atoms with E-state index in [4.69, 9.17) is 0 Å². The summed E-state index contributed by atoms with van der Waals surface area (Å²) in [5.41, 5.74) is 1.62. The van der Waals surface area contributed by atoms with E-state index in [0.717, 1.165) is 10.2 Å². The fourth-order valence-electron chi connectivity index (χ4n) is 1.47. The molecule has 0 fully saturated rings. The molecule has 1 heterocycles. The summed E-state index contributed by atoms with van der Waals surface area (Å²) in [6.07, 6.45) is 1.73. The molecule has 0 saturated carbocycles. The van der Waals surface area contributed by atoms with Crippen molar-refractivity contribution in [3.8, 4) is 0 Å². The summed E-state index contributed by atoms with van der Waals surface area (Å²) >= 11 is 3.40. The van der Waals surface area contributed by atoms with Gasteiger partial charge in [-0.3, -0.25) is 4.68 Å². The monoisotopic (exact) mass is 294 g/mol. The van der Waals surface area contributed by atoms with Crippen molar-refractivity contribution in [2.45, 2.75) is 6.54 Å². The van der Waals surface area contributed by atoms with E-state index in [2.05, 4.69) is 25.8 Å². The number of hydrogen-bond acceptors (Lipinski definition) is 3. The van der Waals surface area contributed by atoms with Crippen molar-refractivity contribution in [2.24, 2.45) is 0 Å². The Kier molecular flexibility index (Phi) is 3.58. The van der Waals surface area contributed by atoms with Crippen LogP contribution in [0.5, 0.6) is 0 Å². The zero-order valence-electron chi connectivity index (χ0n) is 9.26. The van der Waals surface area contributed by atoms with Gasteiger partial charge >= 0.3 is 5.97 Å². The van der Waals surface area contributed by atoms with Gasteiger partial charge in [0.2, 0.25) is 0 Å². The van der Waals surface area contributed by atoms with Crippen LogP contribution in [0.4, 0.5) is 0 Å². The Labute approximate surface area is 107 Å². The molecule has 2 aromatic rings. The number of methoxy groups -OCH3 is 1. The van der Waals surface area contributed by atoms with Gasteiger partial charge in [0.1, 0.15) is 4.60 Å². The predicted octanol–water partition coefficient (Wildman–Crippen LogP) is 2.48. The molecule has 4 nitrogen and oxygen atoms in total. The average molecular weight is 295 g/mol. The third-order valence-electron chi connectivity index (χ3n) is 2.37. The van der Waals surface area contributed by atoms with Crippen molar-refractivity contribution in [1.82, 2.24) is 9.78 Å². The van der Waals surface area contributed by atoms with Gasteiger partial charge in [0, 0.05) is 0 Å². The van der Waals surface area contributed by atoms with Crippen molar-refractivity contribution < 1.29 is 9.53 Å². The zero-order chi connectivity index (χ0) is 12.3. The summed E-state index contributed by atoms with van der Waals surface area (Å²) in [6, 6.07) is 9.15. The molecule has 0 aliphatic heterocycles. The molecule has 0 radical (unpaired) electrons. The molecule has 5 heteroatoms. The molecule has 1 aromatic heterocycles. The molecule has 2 rings (SSSR count). The number of hydrogen-bond donors (Lipinski definition) is 0. The number of benzene rings is 1. The number of halogens is 1. The normalized spacial score (nSPS) is 10.2. The summed E-state index contributed by atoms with van der Waals surface area (Å²) in [5, 5.41) is 4.16.